The predicted octanol–water partition coefficient (Wildman–Crippen LogP) is -0.0694. The summed E-state index contributed by atoms with van der Waals surface area (Å²) < 4.78 is 28.8. The first-order chi connectivity index (χ1) is 8.12. The maximum absolute atomic E-state index is 11.1. The quantitative estimate of drug-likeness (QED) is 0.784. The lowest BCUT2D eigenvalue weighted by atomic mass is 10.4. The highest BCUT2D eigenvalue weighted by Crippen LogP contribution is 2.06. The molecule has 0 bridgehead atoms. The van der Waals surface area contributed by atoms with E-state index in [1.807, 2.05) is 28.8 Å². The summed E-state index contributed by atoms with van der Waals surface area (Å²) in [5.41, 5.74) is 0.999. The Morgan fingerprint density at radius 2 is 2.24 bits per heavy atom. The molecule has 0 aliphatic carbocycles. The van der Waals surface area contributed by atoms with Crippen molar-refractivity contribution in [2.24, 2.45) is 0 Å². The number of imidazole rings is 1. The van der Waals surface area contributed by atoms with Crippen LogP contribution in [0.3, 0.4) is 0 Å². The lowest BCUT2D eigenvalue weighted by Gasteiger charge is -2.04. The predicted molar refractivity (Wildman–Crippen MR) is 64.9 cm³/mol. The number of hydrogen-bond acceptors (Lipinski definition) is 3. The highest BCUT2D eigenvalue weighted by atomic mass is 32.2. The average Bonchev–Trinajstić information content (AvgIpc) is 2.73. The Bertz CT molecular complexity index is 606. The van der Waals surface area contributed by atoms with Gasteiger partial charge in [0.25, 0.3) is 10.2 Å². The van der Waals surface area contributed by atoms with E-state index >= 15 is 0 Å². The van der Waals surface area contributed by atoms with Gasteiger partial charge in [-0.2, -0.15) is 8.42 Å². The first-order valence-electron chi connectivity index (χ1n) is 5.21. The van der Waals surface area contributed by atoms with Crippen LogP contribution in [0, 0.1) is 0 Å². The molecule has 6 nitrogen and oxygen atoms in total. The summed E-state index contributed by atoms with van der Waals surface area (Å²) in [5.74, 6) is 0.833. The van der Waals surface area contributed by atoms with Crippen molar-refractivity contribution in [3.63, 3.8) is 0 Å². The molecule has 0 saturated heterocycles. The summed E-state index contributed by atoms with van der Waals surface area (Å²) in [6.45, 7) is 0.317. The molecule has 0 aliphatic heterocycles. The maximum Gasteiger partial charge on any atom is 0.276 e. The second-order valence-corrected chi connectivity index (χ2v) is 5.23. The van der Waals surface area contributed by atoms with Gasteiger partial charge in [-0.15, -0.1) is 0 Å². The number of fused-ring (bicyclic) bond motifs is 1. The van der Waals surface area contributed by atoms with Crippen molar-refractivity contribution in [3.05, 3.63) is 36.4 Å². The molecule has 92 valence electrons. The van der Waals surface area contributed by atoms with Crippen molar-refractivity contribution in [1.29, 1.82) is 0 Å². The number of nitrogens with one attached hydrogen (secondary N) is 2. The SMILES string of the molecule is CNS(=O)(=O)NCCc1ncc2ccccn12. The van der Waals surface area contributed by atoms with Gasteiger partial charge in [-0.25, -0.2) is 14.4 Å². The smallest absolute Gasteiger partial charge is 0.276 e. The van der Waals surface area contributed by atoms with Gasteiger partial charge in [-0.1, -0.05) is 6.07 Å². The fourth-order valence-corrected chi connectivity index (χ4v) is 2.07. The molecule has 0 saturated carbocycles. The largest absolute Gasteiger partial charge is 0.304 e. The minimum Gasteiger partial charge on any atom is -0.304 e. The van der Waals surface area contributed by atoms with Gasteiger partial charge in [-0.3, -0.25) is 0 Å². The molecule has 0 spiro atoms. The van der Waals surface area contributed by atoms with Gasteiger partial charge in [0, 0.05) is 26.2 Å². The first-order valence-corrected chi connectivity index (χ1v) is 6.70. The second-order valence-electron chi connectivity index (χ2n) is 3.52. The summed E-state index contributed by atoms with van der Waals surface area (Å²) in [6, 6.07) is 5.80. The summed E-state index contributed by atoms with van der Waals surface area (Å²) in [5, 5.41) is 0. The fourth-order valence-electron chi connectivity index (χ4n) is 1.55. The van der Waals surface area contributed by atoms with Crippen molar-refractivity contribution < 1.29 is 8.42 Å². The molecule has 2 heterocycles. The van der Waals surface area contributed by atoms with E-state index in [2.05, 4.69) is 14.4 Å². The zero-order chi connectivity index (χ0) is 12.3. The third kappa shape index (κ3) is 2.82. The highest BCUT2D eigenvalue weighted by molar-refractivity contribution is 7.87. The van der Waals surface area contributed by atoms with Crippen molar-refractivity contribution in [2.45, 2.75) is 6.42 Å². The summed E-state index contributed by atoms with van der Waals surface area (Å²) in [4.78, 5) is 4.25. The topological polar surface area (TPSA) is 75.5 Å². The molecule has 2 N–H and O–H groups in total. The van der Waals surface area contributed by atoms with Crippen LogP contribution in [0.5, 0.6) is 0 Å². The first kappa shape index (κ1) is 12.0. The summed E-state index contributed by atoms with van der Waals surface area (Å²) in [7, 11) is -1.99. The zero-order valence-corrected chi connectivity index (χ0v) is 10.2. The van der Waals surface area contributed by atoms with Gasteiger partial charge >= 0.3 is 0 Å². The van der Waals surface area contributed by atoms with Gasteiger partial charge in [0.15, 0.2) is 0 Å². The number of aromatic nitrogens is 2. The molecule has 0 aromatic carbocycles. The molecule has 0 aliphatic rings. The molecule has 0 amide bonds. The zero-order valence-electron chi connectivity index (χ0n) is 9.42. The van der Waals surface area contributed by atoms with Crippen molar-refractivity contribution in [3.8, 4) is 0 Å². The molecule has 2 rings (SSSR count). The maximum atomic E-state index is 11.1. The van der Waals surface area contributed by atoms with E-state index in [9.17, 15) is 8.42 Å². The minimum atomic E-state index is -3.36. The van der Waals surface area contributed by atoms with Crippen LogP contribution >= 0.6 is 0 Å². The van der Waals surface area contributed by atoms with E-state index in [4.69, 9.17) is 0 Å². The normalized spacial score (nSPS) is 12.1. The third-order valence-corrected chi connectivity index (χ3v) is 3.55. The molecule has 0 atom stereocenters. The van der Waals surface area contributed by atoms with Gasteiger partial charge in [0.2, 0.25) is 0 Å². The monoisotopic (exact) mass is 254 g/mol. The summed E-state index contributed by atoms with van der Waals surface area (Å²) in [6.07, 6.45) is 4.21. The molecule has 0 fully saturated rings. The van der Waals surface area contributed by atoms with E-state index in [-0.39, 0.29) is 0 Å². The Hall–Kier alpha value is -1.44. The van der Waals surface area contributed by atoms with E-state index < -0.39 is 10.2 Å². The van der Waals surface area contributed by atoms with Gasteiger partial charge in [-0.05, 0) is 12.1 Å². The molecule has 0 unspecified atom stereocenters. The van der Waals surface area contributed by atoms with E-state index in [0.29, 0.717) is 13.0 Å². The minimum absolute atomic E-state index is 0.317. The van der Waals surface area contributed by atoms with Crippen LogP contribution < -0.4 is 9.44 Å². The van der Waals surface area contributed by atoms with Crippen LogP contribution in [0.2, 0.25) is 0 Å². The van der Waals surface area contributed by atoms with Crippen LogP contribution in [-0.2, 0) is 16.6 Å². The second kappa shape index (κ2) is 4.82. The molecule has 2 aromatic heterocycles. The molecular formula is C10H14N4O2S. The van der Waals surface area contributed by atoms with Crippen molar-refractivity contribution >= 4 is 15.7 Å². The van der Waals surface area contributed by atoms with Crippen molar-refractivity contribution in [1.82, 2.24) is 18.8 Å². The Labute approximate surface area is 99.9 Å². The molecular weight excluding hydrogens is 240 g/mol. The van der Waals surface area contributed by atoms with E-state index in [1.165, 1.54) is 7.05 Å². The van der Waals surface area contributed by atoms with Crippen LogP contribution in [0.4, 0.5) is 0 Å². The standard InChI is InChI=1S/C10H14N4O2S/c1-11-17(15,16)13-6-5-10-12-8-9-4-2-3-7-14(9)10/h2-4,7-8,11,13H,5-6H2,1H3. The summed E-state index contributed by atoms with van der Waals surface area (Å²) >= 11 is 0. The van der Waals surface area contributed by atoms with Crippen LogP contribution in [0.25, 0.3) is 5.52 Å². The van der Waals surface area contributed by atoms with Crippen LogP contribution in [-0.4, -0.2) is 31.4 Å². The number of rotatable bonds is 5. The lowest BCUT2D eigenvalue weighted by Crippen LogP contribution is -2.35. The van der Waals surface area contributed by atoms with E-state index in [0.717, 1.165) is 11.3 Å². The van der Waals surface area contributed by atoms with Crippen molar-refractivity contribution in [2.75, 3.05) is 13.6 Å². The lowest BCUT2D eigenvalue weighted by molar-refractivity contribution is 0.572. The van der Waals surface area contributed by atoms with Gasteiger partial charge in [0.05, 0.1) is 11.7 Å². The Morgan fingerprint density at radius 1 is 1.41 bits per heavy atom. The van der Waals surface area contributed by atoms with Crippen LogP contribution in [0.1, 0.15) is 5.82 Å². The molecule has 7 heteroatoms. The third-order valence-electron chi connectivity index (χ3n) is 2.42. The number of nitrogens with zero attached hydrogens (tertiary/aromatic N) is 2. The van der Waals surface area contributed by atoms with Crippen LogP contribution in [0.15, 0.2) is 30.6 Å². The Morgan fingerprint density at radius 3 is 3.00 bits per heavy atom. The average molecular weight is 254 g/mol. The number of pyridine rings is 1. The highest BCUT2D eigenvalue weighted by Gasteiger charge is 2.07. The Balaban J connectivity index is 2.05. The Kier molecular flexibility index (Phi) is 3.41. The van der Waals surface area contributed by atoms with Gasteiger partial charge in [0.1, 0.15) is 5.82 Å². The van der Waals surface area contributed by atoms with E-state index in [1.54, 1.807) is 6.20 Å². The van der Waals surface area contributed by atoms with Gasteiger partial charge < -0.3 is 4.40 Å². The molecule has 17 heavy (non-hydrogen) atoms. The molecule has 0 radical (unpaired) electrons. The molecule has 2 aromatic rings. The number of hydrogen-bond donors (Lipinski definition) is 2. The fraction of sp³-hybridized carbons (Fsp3) is 0.300.